The Morgan fingerprint density at radius 2 is 1.83 bits per heavy atom. The Kier molecular flexibility index (Phi) is 5.85. The quantitative estimate of drug-likeness (QED) is 0.803. The summed E-state index contributed by atoms with van der Waals surface area (Å²) < 4.78 is 10.1. The summed E-state index contributed by atoms with van der Waals surface area (Å²) in [6.07, 6.45) is -0.311. The molecule has 0 unspecified atom stereocenters. The minimum atomic E-state index is -1.88. The highest BCUT2D eigenvalue weighted by atomic mass is 35.5. The molecule has 2 rings (SSSR count). The lowest BCUT2D eigenvalue weighted by Gasteiger charge is -2.37. The number of amides is 1. The van der Waals surface area contributed by atoms with Crippen LogP contribution in [0.2, 0.25) is 5.02 Å². The van der Waals surface area contributed by atoms with Crippen molar-refractivity contribution in [2.45, 2.75) is 26.4 Å². The number of halogens is 1. The second-order valence-electron chi connectivity index (χ2n) is 6.51. The van der Waals surface area contributed by atoms with Crippen LogP contribution in [0.4, 0.5) is 10.5 Å². The molecular weight excluding hydrogens is 334 g/mol. The van der Waals surface area contributed by atoms with Gasteiger partial charge in [-0.05, 0) is 39.0 Å². The molecule has 0 spiro atoms. The van der Waals surface area contributed by atoms with Crippen LogP contribution in [0.1, 0.15) is 20.8 Å². The van der Waals surface area contributed by atoms with Crippen molar-refractivity contribution in [3.8, 4) is 5.75 Å². The largest absolute Gasteiger partial charge is 0.707 e. The first-order valence-corrected chi connectivity index (χ1v) is 8.09. The van der Waals surface area contributed by atoms with Crippen molar-refractivity contribution in [3.05, 3.63) is 23.2 Å². The summed E-state index contributed by atoms with van der Waals surface area (Å²) in [6.45, 7) is 7.86. The summed E-state index contributed by atoms with van der Waals surface area (Å²) in [4.78, 5) is 15.8. The van der Waals surface area contributed by atoms with Gasteiger partial charge in [-0.15, -0.1) is 0 Å². The smallest absolute Gasteiger partial charge is 0.512 e. The fourth-order valence-corrected chi connectivity index (χ4v) is 2.69. The highest BCUT2D eigenvalue weighted by Gasteiger charge is 2.26. The monoisotopic (exact) mass is 356 g/mol. The highest BCUT2D eigenvalue weighted by molar-refractivity contribution is 6.35. The second-order valence-corrected chi connectivity index (χ2v) is 6.92. The number of hydrogen-bond acceptors (Lipinski definition) is 6. The number of carbonyl (C=O) groups is 1. The summed E-state index contributed by atoms with van der Waals surface area (Å²) in [5.41, 5.74) is 0.297. The molecule has 1 fully saturated rings. The van der Waals surface area contributed by atoms with E-state index in [1.807, 2.05) is 20.8 Å². The number of carbonyl (C=O) groups excluding carboxylic acids is 1. The van der Waals surface area contributed by atoms with E-state index in [4.69, 9.17) is 31.0 Å². The lowest BCUT2D eigenvalue weighted by atomic mass is 10.2. The summed E-state index contributed by atoms with van der Waals surface area (Å²) in [5.74, 6) is 0.270. The van der Waals surface area contributed by atoms with E-state index in [0.29, 0.717) is 31.2 Å². The van der Waals surface area contributed by atoms with E-state index in [-0.39, 0.29) is 11.8 Å². The van der Waals surface area contributed by atoms with E-state index in [0.717, 1.165) is 5.69 Å². The van der Waals surface area contributed by atoms with Crippen molar-refractivity contribution < 1.29 is 24.2 Å². The van der Waals surface area contributed by atoms with Gasteiger partial charge in [-0.2, -0.15) is 0 Å². The molecule has 0 aliphatic carbocycles. The van der Waals surface area contributed by atoms with Gasteiger partial charge in [-0.1, -0.05) is 11.6 Å². The molecule has 7 nitrogen and oxygen atoms in total. The van der Waals surface area contributed by atoms with E-state index in [9.17, 15) is 4.79 Å². The van der Waals surface area contributed by atoms with Crippen LogP contribution in [0.3, 0.4) is 0 Å². The lowest BCUT2D eigenvalue weighted by Crippen LogP contribution is -2.50. The predicted molar refractivity (Wildman–Crippen MR) is 92.3 cm³/mol. The van der Waals surface area contributed by atoms with Crippen LogP contribution in [-0.4, -0.2) is 60.1 Å². The molecule has 0 bridgehead atoms. The molecule has 1 saturated heterocycles. The Morgan fingerprint density at radius 1 is 1.21 bits per heavy atom. The van der Waals surface area contributed by atoms with Gasteiger partial charge in [0.25, 0.3) is 0 Å². The van der Waals surface area contributed by atoms with Crippen molar-refractivity contribution in [2.24, 2.45) is 0 Å². The van der Waals surface area contributed by atoms with Crippen LogP contribution >= 0.6 is 11.6 Å². The van der Waals surface area contributed by atoms with E-state index in [1.165, 1.54) is 6.07 Å². The van der Waals surface area contributed by atoms with Crippen molar-refractivity contribution in [3.63, 3.8) is 0 Å². The molecule has 1 heterocycles. The molecule has 1 aromatic carbocycles. The Bertz CT molecular complexity index is 586. The average Bonchev–Trinajstić information content (AvgIpc) is 2.45. The molecule has 1 aliphatic heterocycles. The van der Waals surface area contributed by atoms with Gasteiger partial charge in [0.05, 0.1) is 10.7 Å². The van der Waals surface area contributed by atoms with Gasteiger partial charge in [0, 0.05) is 26.2 Å². The van der Waals surface area contributed by atoms with Gasteiger partial charge in [-0.25, -0.2) is 4.79 Å². The van der Waals surface area contributed by atoms with Crippen LogP contribution < -0.4 is 9.55 Å². The standard InChI is InChI=1S/C15H22BClN2O5/c1-15(2,3)23-14(20)19-8-6-18(7-9-19)13-5-4-11(10-12(13)17)24-16(21)22/h4-5,10,21-22H,6-9H2,1-3H3. The number of ether oxygens (including phenoxy) is 1. The van der Waals surface area contributed by atoms with Gasteiger partial charge in [-0.3, -0.25) is 0 Å². The third kappa shape index (κ3) is 5.19. The van der Waals surface area contributed by atoms with Crippen LogP contribution in [0.5, 0.6) is 5.75 Å². The van der Waals surface area contributed by atoms with Crippen LogP contribution in [-0.2, 0) is 4.74 Å². The molecule has 0 saturated carbocycles. The van der Waals surface area contributed by atoms with Crippen molar-refractivity contribution >= 4 is 30.7 Å². The number of benzene rings is 1. The molecule has 9 heteroatoms. The van der Waals surface area contributed by atoms with Crippen molar-refractivity contribution in [1.82, 2.24) is 4.90 Å². The van der Waals surface area contributed by atoms with Crippen molar-refractivity contribution in [1.29, 1.82) is 0 Å². The molecule has 1 aliphatic rings. The molecular formula is C15H22BClN2O5. The first kappa shape index (κ1) is 18.7. The van der Waals surface area contributed by atoms with Crippen LogP contribution in [0.25, 0.3) is 0 Å². The van der Waals surface area contributed by atoms with Crippen LogP contribution in [0.15, 0.2) is 18.2 Å². The Morgan fingerprint density at radius 3 is 2.33 bits per heavy atom. The number of rotatable bonds is 3. The van der Waals surface area contributed by atoms with Gasteiger partial charge in [0.2, 0.25) is 0 Å². The zero-order valence-corrected chi connectivity index (χ0v) is 14.8. The molecule has 0 atom stereocenters. The lowest BCUT2D eigenvalue weighted by molar-refractivity contribution is 0.0240. The third-order valence-electron chi connectivity index (χ3n) is 3.43. The predicted octanol–water partition coefficient (Wildman–Crippen LogP) is 1.75. The molecule has 1 amide bonds. The average molecular weight is 357 g/mol. The first-order chi connectivity index (χ1) is 11.2. The number of piperazine rings is 1. The SMILES string of the molecule is CC(C)(C)OC(=O)N1CCN(c2ccc(OB(O)O)cc2Cl)CC1. The zero-order chi connectivity index (χ0) is 17.9. The Balaban J connectivity index is 1.96. The maximum Gasteiger partial charge on any atom is 0.707 e. The molecule has 2 N–H and O–H groups in total. The maximum absolute atomic E-state index is 12.1. The first-order valence-electron chi connectivity index (χ1n) is 7.71. The molecule has 132 valence electrons. The molecule has 0 radical (unpaired) electrons. The van der Waals surface area contributed by atoms with Gasteiger partial charge >= 0.3 is 13.4 Å². The number of anilines is 1. The minimum Gasteiger partial charge on any atom is -0.512 e. The maximum atomic E-state index is 12.1. The second kappa shape index (κ2) is 7.50. The Labute approximate surface area is 146 Å². The van der Waals surface area contributed by atoms with E-state index in [1.54, 1.807) is 17.0 Å². The summed E-state index contributed by atoms with van der Waals surface area (Å²) in [6, 6.07) is 4.89. The third-order valence-corrected chi connectivity index (χ3v) is 3.74. The number of nitrogens with zero attached hydrogens (tertiary/aromatic N) is 2. The topological polar surface area (TPSA) is 82.5 Å². The summed E-state index contributed by atoms with van der Waals surface area (Å²) in [7, 11) is -1.88. The normalized spacial score (nSPS) is 15.2. The fraction of sp³-hybridized carbons (Fsp3) is 0.533. The summed E-state index contributed by atoms with van der Waals surface area (Å²) in [5, 5.41) is 18.1. The summed E-state index contributed by atoms with van der Waals surface area (Å²) >= 11 is 6.24. The Hall–Kier alpha value is -1.64. The van der Waals surface area contributed by atoms with Crippen LogP contribution in [0, 0.1) is 0 Å². The van der Waals surface area contributed by atoms with Crippen molar-refractivity contribution in [2.75, 3.05) is 31.1 Å². The van der Waals surface area contributed by atoms with E-state index in [2.05, 4.69) is 4.90 Å². The minimum absolute atomic E-state index is 0.270. The molecule has 1 aromatic rings. The van der Waals surface area contributed by atoms with Gasteiger partial charge in [0.15, 0.2) is 0 Å². The van der Waals surface area contributed by atoms with Gasteiger partial charge < -0.3 is 29.2 Å². The zero-order valence-electron chi connectivity index (χ0n) is 14.0. The number of hydrogen-bond donors (Lipinski definition) is 2. The van der Waals surface area contributed by atoms with Gasteiger partial charge in [0.1, 0.15) is 11.4 Å². The van der Waals surface area contributed by atoms with E-state index >= 15 is 0 Å². The highest BCUT2D eigenvalue weighted by Crippen LogP contribution is 2.30. The van der Waals surface area contributed by atoms with E-state index < -0.39 is 12.9 Å². The molecule has 24 heavy (non-hydrogen) atoms. The fourth-order valence-electron chi connectivity index (χ4n) is 2.40. The molecule has 0 aromatic heterocycles.